The summed E-state index contributed by atoms with van der Waals surface area (Å²) < 4.78 is 0. The van der Waals surface area contributed by atoms with Crippen LogP contribution in [-0.2, 0) is 17.6 Å². The molecule has 0 N–H and O–H groups in total. The predicted molar refractivity (Wildman–Crippen MR) is 76.4 cm³/mol. The maximum Gasteiger partial charge on any atom is 0.193 e. The summed E-state index contributed by atoms with van der Waals surface area (Å²) in [6.45, 7) is 6.53. The van der Waals surface area contributed by atoms with E-state index in [9.17, 15) is 4.79 Å². The minimum atomic E-state index is 0.294. The van der Waals surface area contributed by atoms with Gasteiger partial charge in [0.1, 0.15) is 0 Å². The number of benzene rings is 1. The number of carbonyl (C=O) groups is 1. The maximum absolute atomic E-state index is 11.8. The average molecular weight is 250 g/mol. The lowest BCUT2D eigenvalue weighted by atomic mass is 9.97. The molecule has 1 aromatic rings. The lowest BCUT2D eigenvalue weighted by Crippen LogP contribution is -2.04. The molecule has 1 nitrogen and oxygen atoms in total. The normalized spacial score (nSPS) is 10.8. The Bertz CT molecular complexity index is 358. The molecule has 94 valence electrons. The van der Waals surface area contributed by atoms with Crippen LogP contribution in [0.5, 0.6) is 0 Å². The van der Waals surface area contributed by atoms with Gasteiger partial charge in [-0.05, 0) is 29.9 Å². The van der Waals surface area contributed by atoms with E-state index in [1.54, 1.807) is 0 Å². The van der Waals surface area contributed by atoms with E-state index in [0.29, 0.717) is 17.5 Å². The third kappa shape index (κ3) is 5.40. The average Bonchev–Trinajstić information content (AvgIpc) is 2.28. The van der Waals surface area contributed by atoms with E-state index < -0.39 is 0 Å². The van der Waals surface area contributed by atoms with E-state index in [1.807, 2.05) is 6.07 Å². The zero-order chi connectivity index (χ0) is 12.7. The SMILES string of the molecule is CCCSC(=O)Cc1ccccc1CC(C)C. The molecule has 0 heterocycles. The summed E-state index contributed by atoms with van der Waals surface area (Å²) in [5.74, 6) is 1.57. The molecule has 0 aliphatic carbocycles. The first kappa shape index (κ1) is 14.3. The summed E-state index contributed by atoms with van der Waals surface area (Å²) in [4.78, 5) is 11.8. The van der Waals surface area contributed by atoms with Gasteiger partial charge in [-0.3, -0.25) is 4.79 Å². The van der Waals surface area contributed by atoms with Crippen molar-refractivity contribution in [2.75, 3.05) is 5.75 Å². The molecule has 0 fully saturated rings. The van der Waals surface area contributed by atoms with Crippen LogP contribution < -0.4 is 0 Å². The monoisotopic (exact) mass is 250 g/mol. The van der Waals surface area contributed by atoms with Crippen molar-refractivity contribution >= 4 is 16.9 Å². The molecular formula is C15H22OS. The highest BCUT2D eigenvalue weighted by Gasteiger charge is 2.09. The van der Waals surface area contributed by atoms with E-state index in [0.717, 1.165) is 18.6 Å². The Kier molecular flexibility index (Phi) is 6.35. The van der Waals surface area contributed by atoms with Gasteiger partial charge in [-0.1, -0.05) is 56.8 Å². The molecule has 0 aromatic heterocycles. The number of thioether (sulfide) groups is 1. The van der Waals surface area contributed by atoms with Crippen LogP contribution in [0.1, 0.15) is 38.3 Å². The van der Waals surface area contributed by atoms with Crippen LogP contribution in [0.4, 0.5) is 0 Å². The largest absolute Gasteiger partial charge is 0.287 e. The summed E-state index contributed by atoms with van der Waals surface area (Å²) in [7, 11) is 0. The lowest BCUT2D eigenvalue weighted by molar-refractivity contribution is -0.110. The van der Waals surface area contributed by atoms with Gasteiger partial charge in [0.2, 0.25) is 0 Å². The molecule has 17 heavy (non-hydrogen) atoms. The molecule has 0 radical (unpaired) electrons. The van der Waals surface area contributed by atoms with Crippen LogP contribution >= 0.6 is 11.8 Å². The third-order valence-corrected chi connectivity index (χ3v) is 3.63. The van der Waals surface area contributed by atoms with Gasteiger partial charge in [-0.25, -0.2) is 0 Å². The molecule has 0 atom stereocenters. The second kappa shape index (κ2) is 7.54. The van der Waals surface area contributed by atoms with Gasteiger partial charge in [0, 0.05) is 12.2 Å². The first-order chi connectivity index (χ1) is 8.13. The Morgan fingerprint density at radius 1 is 1.24 bits per heavy atom. The quantitative estimate of drug-likeness (QED) is 0.756. The molecular weight excluding hydrogens is 228 g/mol. The fourth-order valence-corrected chi connectivity index (χ4v) is 2.48. The van der Waals surface area contributed by atoms with Crippen molar-refractivity contribution in [1.82, 2.24) is 0 Å². The van der Waals surface area contributed by atoms with Gasteiger partial charge in [-0.2, -0.15) is 0 Å². The topological polar surface area (TPSA) is 17.1 Å². The van der Waals surface area contributed by atoms with Crippen molar-refractivity contribution in [3.05, 3.63) is 35.4 Å². The number of carbonyl (C=O) groups excluding carboxylic acids is 1. The van der Waals surface area contributed by atoms with Crippen LogP contribution in [-0.4, -0.2) is 10.9 Å². The minimum absolute atomic E-state index is 0.294. The summed E-state index contributed by atoms with van der Waals surface area (Å²) in [6.07, 6.45) is 2.69. The maximum atomic E-state index is 11.8. The first-order valence-corrected chi connectivity index (χ1v) is 7.34. The second-order valence-electron chi connectivity index (χ2n) is 4.76. The standard InChI is InChI=1S/C15H22OS/c1-4-9-17-15(16)11-14-8-6-5-7-13(14)10-12(2)3/h5-8,12H,4,9-11H2,1-3H3. The van der Waals surface area contributed by atoms with Crippen LogP contribution in [0.15, 0.2) is 24.3 Å². The van der Waals surface area contributed by atoms with Gasteiger partial charge in [0.15, 0.2) is 5.12 Å². The Morgan fingerprint density at radius 2 is 1.88 bits per heavy atom. The zero-order valence-electron chi connectivity index (χ0n) is 11.0. The van der Waals surface area contributed by atoms with Gasteiger partial charge < -0.3 is 0 Å². The van der Waals surface area contributed by atoms with Gasteiger partial charge in [-0.15, -0.1) is 0 Å². The van der Waals surface area contributed by atoms with Crippen LogP contribution in [0.3, 0.4) is 0 Å². The van der Waals surface area contributed by atoms with Gasteiger partial charge in [0.05, 0.1) is 0 Å². The molecule has 2 heteroatoms. The summed E-state index contributed by atoms with van der Waals surface area (Å²) in [6, 6.07) is 8.32. The molecule has 0 aliphatic heterocycles. The Labute approximate surface area is 109 Å². The lowest BCUT2D eigenvalue weighted by Gasteiger charge is -2.10. The number of rotatable bonds is 6. The van der Waals surface area contributed by atoms with Crippen LogP contribution in [0.2, 0.25) is 0 Å². The third-order valence-electron chi connectivity index (χ3n) is 2.55. The molecule has 1 rings (SSSR count). The fourth-order valence-electron chi connectivity index (χ4n) is 1.79. The van der Waals surface area contributed by atoms with E-state index >= 15 is 0 Å². The van der Waals surface area contributed by atoms with Crippen molar-refractivity contribution in [3.63, 3.8) is 0 Å². The molecule has 0 aliphatic rings. The van der Waals surface area contributed by atoms with Crippen molar-refractivity contribution in [3.8, 4) is 0 Å². The van der Waals surface area contributed by atoms with Crippen molar-refractivity contribution in [2.45, 2.75) is 40.0 Å². The van der Waals surface area contributed by atoms with Crippen molar-refractivity contribution < 1.29 is 4.79 Å². The van der Waals surface area contributed by atoms with E-state index in [1.165, 1.54) is 22.9 Å². The van der Waals surface area contributed by atoms with Crippen molar-refractivity contribution in [1.29, 1.82) is 0 Å². The molecule has 0 unspecified atom stereocenters. The minimum Gasteiger partial charge on any atom is -0.287 e. The number of hydrogen-bond donors (Lipinski definition) is 0. The molecule has 0 amide bonds. The highest BCUT2D eigenvalue weighted by atomic mass is 32.2. The Morgan fingerprint density at radius 3 is 2.47 bits per heavy atom. The predicted octanol–water partition coefficient (Wildman–Crippen LogP) is 4.10. The first-order valence-electron chi connectivity index (χ1n) is 6.35. The Hall–Kier alpha value is -0.760. The summed E-state index contributed by atoms with van der Waals surface area (Å²) in [5.41, 5.74) is 2.53. The fraction of sp³-hybridized carbons (Fsp3) is 0.533. The van der Waals surface area contributed by atoms with Crippen LogP contribution in [0.25, 0.3) is 0 Å². The van der Waals surface area contributed by atoms with E-state index in [2.05, 4.69) is 39.0 Å². The van der Waals surface area contributed by atoms with Crippen LogP contribution in [0, 0.1) is 5.92 Å². The highest BCUT2D eigenvalue weighted by Crippen LogP contribution is 2.17. The molecule has 0 saturated carbocycles. The summed E-state index contributed by atoms with van der Waals surface area (Å²) in [5, 5.41) is 0.294. The molecule has 0 bridgehead atoms. The second-order valence-corrected chi connectivity index (χ2v) is 5.92. The Balaban J connectivity index is 2.66. The number of hydrogen-bond acceptors (Lipinski definition) is 2. The van der Waals surface area contributed by atoms with Gasteiger partial charge in [0.25, 0.3) is 0 Å². The molecule has 0 saturated heterocycles. The smallest absolute Gasteiger partial charge is 0.193 e. The zero-order valence-corrected chi connectivity index (χ0v) is 11.8. The molecule has 0 spiro atoms. The highest BCUT2D eigenvalue weighted by molar-refractivity contribution is 8.13. The molecule has 1 aromatic carbocycles. The van der Waals surface area contributed by atoms with E-state index in [-0.39, 0.29) is 0 Å². The summed E-state index contributed by atoms with van der Waals surface area (Å²) >= 11 is 1.46. The van der Waals surface area contributed by atoms with Crippen molar-refractivity contribution in [2.24, 2.45) is 5.92 Å². The van der Waals surface area contributed by atoms with Gasteiger partial charge >= 0.3 is 0 Å². The van der Waals surface area contributed by atoms with E-state index in [4.69, 9.17) is 0 Å².